The smallest absolute Gasteiger partial charge is 0.209 e. The highest BCUT2D eigenvalue weighted by atomic mass is 19.1. The molecule has 3 unspecified atom stereocenters. The average molecular weight is 538 g/mol. The fourth-order valence-electron chi connectivity index (χ4n) is 6.51. The van der Waals surface area contributed by atoms with Crippen molar-refractivity contribution in [2.75, 3.05) is 5.32 Å². The quantitative estimate of drug-likeness (QED) is 0.334. The zero-order valence-corrected chi connectivity index (χ0v) is 22.0. The Labute approximate surface area is 230 Å². The van der Waals surface area contributed by atoms with E-state index in [0.717, 1.165) is 6.42 Å². The van der Waals surface area contributed by atoms with Crippen LogP contribution in [0.5, 0.6) is 0 Å². The molecular formula is C31H28FN5O3. The minimum absolute atomic E-state index is 0.116. The molecule has 2 aromatic carbocycles. The van der Waals surface area contributed by atoms with Crippen LogP contribution in [0.15, 0.2) is 54.9 Å². The van der Waals surface area contributed by atoms with E-state index in [-0.39, 0.29) is 29.4 Å². The first-order valence-corrected chi connectivity index (χ1v) is 13.5. The molecule has 40 heavy (non-hydrogen) atoms. The largest absolute Gasteiger partial charge is 0.389 e. The predicted molar refractivity (Wildman–Crippen MR) is 146 cm³/mol. The normalized spacial score (nSPS) is 29.9. The van der Waals surface area contributed by atoms with Crippen LogP contribution in [0.3, 0.4) is 0 Å². The molecule has 0 spiro atoms. The number of benzene rings is 2. The lowest BCUT2D eigenvalue weighted by Gasteiger charge is -2.23. The summed E-state index contributed by atoms with van der Waals surface area (Å²) >= 11 is 0. The van der Waals surface area contributed by atoms with E-state index in [1.807, 2.05) is 18.2 Å². The van der Waals surface area contributed by atoms with Gasteiger partial charge in [-0.3, -0.25) is 4.79 Å². The topological polar surface area (TPSA) is 113 Å². The molecular weight excluding hydrogens is 509 g/mol. The van der Waals surface area contributed by atoms with E-state index in [1.54, 1.807) is 30.0 Å². The van der Waals surface area contributed by atoms with Crippen molar-refractivity contribution < 1.29 is 19.4 Å². The van der Waals surface area contributed by atoms with E-state index < -0.39 is 23.7 Å². The minimum Gasteiger partial charge on any atom is -0.389 e. The highest BCUT2D eigenvalue weighted by molar-refractivity contribution is 5.88. The first-order valence-electron chi connectivity index (χ1n) is 13.5. The van der Waals surface area contributed by atoms with Crippen LogP contribution in [-0.2, 0) is 4.79 Å². The molecule has 3 saturated carbocycles. The van der Waals surface area contributed by atoms with Gasteiger partial charge in [-0.25, -0.2) is 19.3 Å². The van der Waals surface area contributed by atoms with Gasteiger partial charge in [0, 0.05) is 17.5 Å². The molecule has 0 saturated heterocycles. The first-order chi connectivity index (χ1) is 19.3. The molecule has 2 heterocycles. The highest BCUT2D eigenvalue weighted by Crippen LogP contribution is 2.68. The predicted octanol–water partition coefficient (Wildman–Crippen LogP) is 3.51. The van der Waals surface area contributed by atoms with Crippen molar-refractivity contribution in [1.82, 2.24) is 19.5 Å². The molecule has 0 amide bonds. The van der Waals surface area contributed by atoms with Crippen LogP contribution in [0.2, 0.25) is 0 Å². The molecule has 8 nitrogen and oxygen atoms in total. The fourth-order valence-corrected chi connectivity index (χ4v) is 6.51. The summed E-state index contributed by atoms with van der Waals surface area (Å²) in [6.45, 7) is 3.15. The Morgan fingerprint density at radius 1 is 1.15 bits per heavy atom. The maximum Gasteiger partial charge on any atom is 0.209 e. The zero-order valence-electron chi connectivity index (χ0n) is 22.0. The van der Waals surface area contributed by atoms with Gasteiger partial charge in [0.2, 0.25) is 5.82 Å². The number of imidazole rings is 1. The monoisotopic (exact) mass is 537 g/mol. The average Bonchev–Trinajstić information content (AvgIpc) is 3.83. The molecule has 3 aliphatic carbocycles. The Bertz CT molecular complexity index is 1730. The third kappa shape index (κ3) is 3.82. The standard InChI is InChI=1S/C31H28FN5O3/c1-16-12-18(8-10-22(16)32)9-11-24-35-29(34-23-13-20(23)19-6-4-3-5-7-19)25-30(36-24)37(15-33-25)26-21-14-31(21,17(2)38)28(40)27(26)39/h3-8,10,12,15,20-21,23,26-28,39-40H,13-14H2,1-2H3,(H,34,35,36)/t20-,21?,23?,26+,27-,28?,31+/m0/s1. The van der Waals surface area contributed by atoms with Crippen LogP contribution in [0.1, 0.15) is 54.2 Å². The van der Waals surface area contributed by atoms with Crippen molar-refractivity contribution in [1.29, 1.82) is 0 Å². The Morgan fingerprint density at radius 2 is 1.95 bits per heavy atom. The summed E-state index contributed by atoms with van der Waals surface area (Å²) < 4.78 is 15.5. The Balaban J connectivity index is 1.28. The molecule has 3 aliphatic rings. The Hall–Kier alpha value is -4.13. The number of aliphatic hydroxyl groups is 2. The zero-order chi connectivity index (χ0) is 27.8. The van der Waals surface area contributed by atoms with E-state index in [2.05, 4.69) is 34.3 Å². The Morgan fingerprint density at radius 3 is 2.67 bits per heavy atom. The summed E-state index contributed by atoms with van der Waals surface area (Å²) in [4.78, 5) is 26.4. The molecule has 4 aromatic rings. The summed E-state index contributed by atoms with van der Waals surface area (Å²) in [5.41, 5.74) is 2.46. The van der Waals surface area contributed by atoms with Crippen molar-refractivity contribution in [2.24, 2.45) is 11.3 Å². The SMILES string of the molecule is CC(=O)[C@]12CC1[C@@H](n1cnc3c(NC4C[C@H]4c4ccccc4)nc(C#Cc4ccc(F)c(C)c4)nc31)[C@H](O)C2O. The number of carbonyl (C=O) groups is 1. The molecule has 2 aromatic heterocycles. The van der Waals surface area contributed by atoms with E-state index in [1.165, 1.54) is 18.6 Å². The summed E-state index contributed by atoms with van der Waals surface area (Å²) in [6.07, 6.45) is 0.785. The lowest BCUT2D eigenvalue weighted by Crippen LogP contribution is -2.36. The number of aromatic nitrogens is 4. The Kier molecular flexibility index (Phi) is 5.56. The molecule has 0 bridgehead atoms. The third-order valence-electron chi connectivity index (χ3n) is 8.89. The molecule has 3 N–H and O–H groups in total. The lowest BCUT2D eigenvalue weighted by atomic mass is 9.95. The van der Waals surface area contributed by atoms with Crippen molar-refractivity contribution in [3.63, 3.8) is 0 Å². The number of hydrogen-bond donors (Lipinski definition) is 3. The van der Waals surface area contributed by atoms with Gasteiger partial charge in [-0.2, -0.15) is 0 Å². The van der Waals surface area contributed by atoms with Gasteiger partial charge in [-0.1, -0.05) is 36.3 Å². The molecule has 7 atom stereocenters. The van der Waals surface area contributed by atoms with Gasteiger partial charge < -0.3 is 20.1 Å². The van der Waals surface area contributed by atoms with Crippen LogP contribution in [0, 0.1) is 35.9 Å². The van der Waals surface area contributed by atoms with Crippen molar-refractivity contribution in [2.45, 2.75) is 56.9 Å². The van der Waals surface area contributed by atoms with Gasteiger partial charge in [0.05, 0.1) is 23.9 Å². The van der Waals surface area contributed by atoms with Crippen LogP contribution in [0.4, 0.5) is 10.2 Å². The van der Waals surface area contributed by atoms with E-state index in [4.69, 9.17) is 9.97 Å². The number of nitrogens with one attached hydrogen (secondary N) is 1. The first kappa shape index (κ1) is 24.9. The summed E-state index contributed by atoms with van der Waals surface area (Å²) in [6, 6.07) is 14.6. The van der Waals surface area contributed by atoms with E-state index in [0.29, 0.717) is 40.4 Å². The maximum absolute atomic E-state index is 13.7. The number of ketones is 1. The number of hydrogen-bond acceptors (Lipinski definition) is 7. The van der Waals surface area contributed by atoms with Crippen LogP contribution in [-0.4, -0.2) is 53.8 Å². The maximum atomic E-state index is 13.7. The molecule has 3 fully saturated rings. The summed E-state index contributed by atoms with van der Waals surface area (Å²) in [5.74, 6) is 6.55. The van der Waals surface area contributed by atoms with Gasteiger partial charge >= 0.3 is 0 Å². The lowest BCUT2D eigenvalue weighted by molar-refractivity contribution is -0.128. The molecule has 202 valence electrons. The van der Waals surface area contributed by atoms with Crippen molar-refractivity contribution in [3.8, 4) is 11.8 Å². The molecule has 9 heteroatoms. The second-order valence-corrected chi connectivity index (χ2v) is 11.3. The van der Waals surface area contributed by atoms with Crippen LogP contribution in [0.25, 0.3) is 11.2 Å². The van der Waals surface area contributed by atoms with Gasteiger partial charge in [-0.05, 0) is 67.9 Å². The minimum atomic E-state index is -1.14. The fraction of sp³-hybridized carbons (Fsp3) is 0.355. The van der Waals surface area contributed by atoms with E-state index in [9.17, 15) is 19.4 Å². The number of nitrogens with zero attached hydrogens (tertiary/aromatic N) is 4. The highest BCUT2D eigenvalue weighted by Gasteiger charge is 2.74. The van der Waals surface area contributed by atoms with Crippen molar-refractivity contribution >= 4 is 22.8 Å². The number of halogens is 1. The van der Waals surface area contributed by atoms with Gasteiger partial charge in [0.15, 0.2) is 17.0 Å². The number of aryl methyl sites for hydroxylation is 1. The van der Waals surface area contributed by atoms with Gasteiger partial charge in [0.1, 0.15) is 17.7 Å². The number of anilines is 1. The third-order valence-corrected chi connectivity index (χ3v) is 8.89. The number of Topliss-reactive ketones (excluding diaryl/α,β-unsaturated/α-hetero) is 1. The van der Waals surface area contributed by atoms with Crippen molar-refractivity contribution in [3.05, 3.63) is 83.2 Å². The number of rotatable bonds is 5. The number of aliphatic hydroxyl groups excluding tert-OH is 2. The second-order valence-electron chi connectivity index (χ2n) is 11.3. The number of fused-ring (bicyclic) bond motifs is 2. The van der Waals surface area contributed by atoms with E-state index >= 15 is 0 Å². The van der Waals surface area contributed by atoms with Crippen LogP contribution >= 0.6 is 0 Å². The summed E-state index contributed by atoms with van der Waals surface area (Å²) in [5, 5.41) is 25.3. The summed E-state index contributed by atoms with van der Waals surface area (Å²) in [7, 11) is 0. The second kappa shape index (κ2) is 8.95. The van der Waals surface area contributed by atoms with Gasteiger partial charge in [-0.15, -0.1) is 0 Å². The molecule has 7 rings (SSSR count). The molecule has 0 radical (unpaired) electrons. The van der Waals surface area contributed by atoms with Crippen LogP contribution < -0.4 is 5.32 Å². The van der Waals surface area contributed by atoms with Gasteiger partial charge in [0.25, 0.3) is 0 Å². The number of carbonyl (C=O) groups excluding carboxylic acids is 1. The molecule has 0 aliphatic heterocycles.